The standard InChI is InChI=1S/C13H16BrFN4O2/c1-7(12(20)17-3-4-21-2)19-11-5-8(14)9(15)6-10(11)18-13(19)16/h5-7H,3-4H2,1-2H3,(H2,16,18)(H,17,20). The van der Waals surface area contributed by atoms with Crippen LogP contribution in [0.4, 0.5) is 10.3 Å². The molecule has 0 saturated heterocycles. The van der Waals surface area contributed by atoms with Crippen molar-refractivity contribution in [1.29, 1.82) is 0 Å². The largest absolute Gasteiger partial charge is 0.383 e. The number of amides is 1. The molecule has 0 aliphatic rings. The number of halogens is 2. The van der Waals surface area contributed by atoms with Crippen molar-refractivity contribution in [3.63, 3.8) is 0 Å². The highest BCUT2D eigenvalue weighted by Gasteiger charge is 2.21. The van der Waals surface area contributed by atoms with Gasteiger partial charge in [-0.2, -0.15) is 0 Å². The van der Waals surface area contributed by atoms with E-state index in [0.29, 0.717) is 28.7 Å². The number of benzene rings is 1. The lowest BCUT2D eigenvalue weighted by atomic mass is 10.2. The van der Waals surface area contributed by atoms with E-state index in [1.807, 2.05) is 0 Å². The SMILES string of the molecule is COCCNC(=O)C(C)n1c(N)nc2cc(F)c(Br)cc21. The Morgan fingerprint density at radius 2 is 2.33 bits per heavy atom. The second-order valence-electron chi connectivity index (χ2n) is 4.55. The summed E-state index contributed by atoms with van der Waals surface area (Å²) in [5.41, 5.74) is 6.86. The summed E-state index contributed by atoms with van der Waals surface area (Å²) in [6.07, 6.45) is 0. The summed E-state index contributed by atoms with van der Waals surface area (Å²) in [5.74, 6) is -0.472. The van der Waals surface area contributed by atoms with Crippen molar-refractivity contribution in [2.45, 2.75) is 13.0 Å². The molecule has 114 valence electrons. The number of methoxy groups -OCH3 is 1. The van der Waals surface area contributed by atoms with Crippen LogP contribution in [0.2, 0.25) is 0 Å². The Morgan fingerprint density at radius 3 is 3.00 bits per heavy atom. The van der Waals surface area contributed by atoms with Crippen molar-refractivity contribution >= 4 is 38.8 Å². The zero-order valence-corrected chi connectivity index (χ0v) is 13.3. The maximum atomic E-state index is 13.5. The average molecular weight is 359 g/mol. The van der Waals surface area contributed by atoms with Gasteiger partial charge in [0.15, 0.2) is 0 Å². The van der Waals surface area contributed by atoms with Crippen LogP contribution in [0.25, 0.3) is 11.0 Å². The van der Waals surface area contributed by atoms with E-state index in [-0.39, 0.29) is 11.9 Å². The van der Waals surface area contributed by atoms with Gasteiger partial charge in [-0.1, -0.05) is 0 Å². The van der Waals surface area contributed by atoms with Crippen LogP contribution < -0.4 is 11.1 Å². The number of aromatic nitrogens is 2. The molecule has 6 nitrogen and oxygen atoms in total. The maximum absolute atomic E-state index is 13.5. The molecule has 8 heteroatoms. The van der Waals surface area contributed by atoms with Crippen molar-refractivity contribution in [3.8, 4) is 0 Å². The van der Waals surface area contributed by atoms with E-state index in [4.69, 9.17) is 10.5 Å². The molecular formula is C13H16BrFN4O2. The Labute approximate surface area is 129 Å². The van der Waals surface area contributed by atoms with E-state index in [1.54, 1.807) is 24.7 Å². The molecule has 0 aliphatic heterocycles. The molecule has 1 heterocycles. The molecule has 2 aromatic rings. The number of nitrogen functional groups attached to an aromatic ring is 1. The second-order valence-corrected chi connectivity index (χ2v) is 5.41. The van der Waals surface area contributed by atoms with Crippen LogP contribution in [0, 0.1) is 5.82 Å². The number of hydrogen-bond acceptors (Lipinski definition) is 4. The van der Waals surface area contributed by atoms with E-state index in [0.717, 1.165) is 0 Å². The molecule has 3 N–H and O–H groups in total. The van der Waals surface area contributed by atoms with Gasteiger partial charge in [-0.15, -0.1) is 0 Å². The highest BCUT2D eigenvalue weighted by Crippen LogP contribution is 2.27. The van der Waals surface area contributed by atoms with Crippen LogP contribution in [0.3, 0.4) is 0 Å². The third-order valence-corrected chi connectivity index (χ3v) is 3.74. The number of imidazole rings is 1. The number of fused-ring (bicyclic) bond motifs is 1. The number of rotatable bonds is 5. The summed E-state index contributed by atoms with van der Waals surface area (Å²) < 4.78 is 20.3. The summed E-state index contributed by atoms with van der Waals surface area (Å²) in [4.78, 5) is 16.2. The number of nitrogens with one attached hydrogen (secondary N) is 1. The van der Waals surface area contributed by atoms with Gasteiger partial charge in [0.1, 0.15) is 11.9 Å². The quantitative estimate of drug-likeness (QED) is 0.799. The lowest BCUT2D eigenvalue weighted by Gasteiger charge is -2.16. The summed E-state index contributed by atoms with van der Waals surface area (Å²) in [6.45, 7) is 2.54. The number of hydrogen-bond donors (Lipinski definition) is 2. The summed E-state index contributed by atoms with van der Waals surface area (Å²) in [6, 6.07) is 2.28. The van der Waals surface area contributed by atoms with Gasteiger partial charge in [-0.05, 0) is 28.9 Å². The van der Waals surface area contributed by atoms with E-state index in [1.165, 1.54) is 6.07 Å². The smallest absolute Gasteiger partial charge is 0.242 e. The Kier molecular flexibility index (Phi) is 4.79. The highest BCUT2D eigenvalue weighted by molar-refractivity contribution is 9.10. The molecular weight excluding hydrogens is 343 g/mol. The molecule has 21 heavy (non-hydrogen) atoms. The number of ether oxygens (including phenoxy) is 1. The molecule has 1 unspecified atom stereocenters. The van der Waals surface area contributed by atoms with Crippen LogP contribution in [-0.4, -0.2) is 35.7 Å². The van der Waals surface area contributed by atoms with Crippen LogP contribution in [0.5, 0.6) is 0 Å². The summed E-state index contributed by atoms with van der Waals surface area (Å²) >= 11 is 3.12. The third-order valence-electron chi connectivity index (χ3n) is 3.13. The van der Waals surface area contributed by atoms with E-state index in [2.05, 4.69) is 26.2 Å². The van der Waals surface area contributed by atoms with Crippen molar-refractivity contribution in [2.24, 2.45) is 0 Å². The molecule has 0 bridgehead atoms. The highest BCUT2D eigenvalue weighted by atomic mass is 79.9. The normalized spacial score (nSPS) is 12.6. The maximum Gasteiger partial charge on any atom is 0.242 e. The first-order valence-corrected chi connectivity index (χ1v) is 7.14. The number of carbonyl (C=O) groups excluding carboxylic acids is 1. The van der Waals surface area contributed by atoms with Gasteiger partial charge < -0.3 is 15.8 Å². The van der Waals surface area contributed by atoms with Gasteiger partial charge in [0.25, 0.3) is 0 Å². The molecule has 0 saturated carbocycles. The average Bonchev–Trinajstić information content (AvgIpc) is 2.74. The summed E-state index contributed by atoms with van der Waals surface area (Å²) in [7, 11) is 1.56. The number of nitrogens with zero attached hydrogens (tertiary/aromatic N) is 2. The fraction of sp³-hybridized carbons (Fsp3) is 0.385. The van der Waals surface area contributed by atoms with Crippen molar-refractivity contribution in [3.05, 3.63) is 22.4 Å². The van der Waals surface area contributed by atoms with Gasteiger partial charge in [0, 0.05) is 19.7 Å². The van der Waals surface area contributed by atoms with E-state index >= 15 is 0 Å². The second kappa shape index (κ2) is 6.40. The Morgan fingerprint density at radius 1 is 1.62 bits per heavy atom. The topological polar surface area (TPSA) is 82.2 Å². The lowest BCUT2D eigenvalue weighted by Crippen LogP contribution is -2.33. The van der Waals surface area contributed by atoms with Gasteiger partial charge in [-0.25, -0.2) is 9.37 Å². The number of carbonyl (C=O) groups is 1. The van der Waals surface area contributed by atoms with E-state index in [9.17, 15) is 9.18 Å². The third kappa shape index (κ3) is 3.16. The minimum atomic E-state index is -0.566. The molecule has 2 rings (SSSR count). The zero-order valence-electron chi connectivity index (χ0n) is 11.7. The molecule has 0 spiro atoms. The minimum Gasteiger partial charge on any atom is -0.383 e. The van der Waals surface area contributed by atoms with Crippen molar-refractivity contribution < 1.29 is 13.9 Å². The Bertz CT molecular complexity index is 674. The number of anilines is 1. The number of nitrogens with two attached hydrogens (primary N) is 1. The molecule has 0 radical (unpaired) electrons. The zero-order chi connectivity index (χ0) is 15.6. The molecule has 0 fully saturated rings. The van der Waals surface area contributed by atoms with Gasteiger partial charge >= 0.3 is 0 Å². The fourth-order valence-corrected chi connectivity index (χ4v) is 2.39. The lowest BCUT2D eigenvalue weighted by molar-refractivity contribution is -0.123. The Hall–Kier alpha value is -1.67. The van der Waals surface area contributed by atoms with Crippen molar-refractivity contribution in [2.75, 3.05) is 26.0 Å². The monoisotopic (exact) mass is 358 g/mol. The fourth-order valence-electron chi connectivity index (χ4n) is 2.06. The first kappa shape index (κ1) is 15.7. The predicted octanol–water partition coefficient (Wildman–Crippen LogP) is 1.84. The van der Waals surface area contributed by atoms with Crippen LogP contribution in [0.1, 0.15) is 13.0 Å². The first-order chi connectivity index (χ1) is 9.95. The van der Waals surface area contributed by atoms with Crippen LogP contribution in [-0.2, 0) is 9.53 Å². The molecule has 1 aromatic heterocycles. The molecule has 1 amide bonds. The first-order valence-electron chi connectivity index (χ1n) is 6.34. The van der Waals surface area contributed by atoms with Gasteiger partial charge in [0.2, 0.25) is 11.9 Å². The molecule has 1 atom stereocenters. The Balaban J connectivity index is 2.34. The minimum absolute atomic E-state index is 0.164. The summed E-state index contributed by atoms with van der Waals surface area (Å²) in [5, 5.41) is 2.74. The van der Waals surface area contributed by atoms with Gasteiger partial charge in [0.05, 0.1) is 22.1 Å². The van der Waals surface area contributed by atoms with E-state index < -0.39 is 11.9 Å². The molecule has 0 aliphatic carbocycles. The van der Waals surface area contributed by atoms with Gasteiger partial charge in [-0.3, -0.25) is 9.36 Å². The van der Waals surface area contributed by atoms with Crippen molar-refractivity contribution in [1.82, 2.24) is 14.9 Å². The predicted molar refractivity (Wildman–Crippen MR) is 81.4 cm³/mol. The van der Waals surface area contributed by atoms with Crippen LogP contribution >= 0.6 is 15.9 Å². The molecule has 1 aromatic carbocycles. The van der Waals surface area contributed by atoms with Crippen LogP contribution in [0.15, 0.2) is 16.6 Å².